The smallest absolute Gasteiger partial charge is 0.212 e. The largest absolute Gasteiger partial charge is 0.493 e. The van der Waals surface area contributed by atoms with Gasteiger partial charge in [0, 0.05) is 10.9 Å². The van der Waals surface area contributed by atoms with Gasteiger partial charge in [0.2, 0.25) is 11.5 Å². The highest BCUT2D eigenvalue weighted by molar-refractivity contribution is 7.13. The van der Waals surface area contributed by atoms with Gasteiger partial charge in [-0.3, -0.25) is 4.79 Å². The lowest BCUT2D eigenvalue weighted by Crippen LogP contribution is -2.17. The first-order chi connectivity index (χ1) is 13.0. The van der Waals surface area contributed by atoms with Gasteiger partial charge in [0.1, 0.15) is 5.69 Å². The van der Waals surface area contributed by atoms with E-state index in [0.717, 1.165) is 6.42 Å². The number of thiazole rings is 1. The number of carbonyl (C=O) groups is 1. The summed E-state index contributed by atoms with van der Waals surface area (Å²) in [6, 6.07) is 3.45. The summed E-state index contributed by atoms with van der Waals surface area (Å²) in [6.45, 7) is 2.07. The number of ether oxygens (including phenoxy) is 3. The van der Waals surface area contributed by atoms with Crippen molar-refractivity contribution in [2.45, 2.75) is 19.4 Å². The second-order valence-electron chi connectivity index (χ2n) is 6.07. The van der Waals surface area contributed by atoms with Gasteiger partial charge in [-0.25, -0.2) is 4.98 Å². The SMILES string of the molecule is COc1cc(C(=O)c2csc(NC3C=CC(C)=CC3)n2)cc(OC)c1OC. The number of anilines is 1. The van der Waals surface area contributed by atoms with Crippen molar-refractivity contribution in [3.8, 4) is 17.2 Å². The van der Waals surface area contributed by atoms with E-state index in [0.29, 0.717) is 33.6 Å². The Kier molecular flexibility index (Phi) is 5.81. The van der Waals surface area contributed by atoms with E-state index in [1.807, 2.05) is 0 Å². The molecular formula is C20H22N2O4S. The van der Waals surface area contributed by atoms with E-state index in [-0.39, 0.29) is 11.8 Å². The number of allylic oxidation sites excluding steroid dienone is 2. The molecule has 1 aliphatic carbocycles. The van der Waals surface area contributed by atoms with Crippen LogP contribution in [0.3, 0.4) is 0 Å². The van der Waals surface area contributed by atoms with E-state index < -0.39 is 0 Å². The van der Waals surface area contributed by atoms with Gasteiger partial charge in [0.15, 0.2) is 16.6 Å². The van der Waals surface area contributed by atoms with Crippen LogP contribution in [-0.2, 0) is 0 Å². The third-order valence-corrected chi connectivity index (χ3v) is 5.03. The number of carbonyl (C=O) groups excluding carboxylic acids is 1. The van der Waals surface area contributed by atoms with E-state index in [9.17, 15) is 4.79 Å². The molecule has 0 saturated carbocycles. The van der Waals surface area contributed by atoms with E-state index in [2.05, 4.69) is 35.5 Å². The molecule has 0 bridgehead atoms. The molecule has 1 aliphatic rings. The molecule has 1 aromatic carbocycles. The third kappa shape index (κ3) is 4.14. The van der Waals surface area contributed by atoms with Crippen molar-refractivity contribution in [1.82, 2.24) is 4.98 Å². The topological polar surface area (TPSA) is 69.7 Å². The number of methoxy groups -OCH3 is 3. The molecule has 1 aromatic heterocycles. The van der Waals surface area contributed by atoms with Gasteiger partial charge in [-0.15, -0.1) is 11.3 Å². The molecule has 1 heterocycles. The second kappa shape index (κ2) is 8.26. The highest BCUT2D eigenvalue weighted by Gasteiger charge is 2.20. The number of ketones is 1. The van der Waals surface area contributed by atoms with Crippen LogP contribution in [0.1, 0.15) is 29.4 Å². The zero-order chi connectivity index (χ0) is 19.4. The molecule has 0 spiro atoms. The van der Waals surface area contributed by atoms with Crippen molar-refractivity contribution in [2.75, 3.05) is 26.6 Å². The standard InChI is InChI=1S/C20H22N2O4S/c1-12-5-7-14(8-6-12)21-20-22-15(11-27-20)18(23)13-9-16(24-2)19(26-4)17(10-13)25-3/h5-7,9-11,14H,8H2,1-4H3,(H,21,22). The highest BCUT2D eigenvalue weighted by Crippen LogP contribution is 2.38. The fourth-order valence-electron chi connectivity index (χ4n) is 2.80. The minimum Gasteiger partial charge on any atom is -0.493 e. The Labute approximate surface area is 162 Å². The summed E-state index contributed by atoms with van der Waals surface area (Å²) >= 11 is 1.41. The molecule has 1 unspecified atom stereocenters. The molecule has 1 N–H and O–H groups in total. The number of nitrogens with zero attached hydrogens (tertiary/aromatic N) is 1. The van der Waals surface area contributed by atoms with Crippen molar-refractivity contribution < 1.29 is 19.0 Å². The van der Waals surface area contributed by atoms with Crippen LogP contribution in [0.15, 0.2) is 41.3 Å². The van der Waals surface area contributed by atoms with Crippen molar-refractivity contribution in [2.24, 2.45) is 0 Å². The summed E-state index contributed by atoms with van der Waals surface area (Å²) in [4.78, 5) is 17.3. The molecule has 142 valence electrons. The Bertz CT molecular complexity index is 876. The zero-order valence-electron chi connectivity index (χ0n) is 15.7. The summed E-state index contributed by atoms with van der Waals surface area (Å²) in [6.07, 6.45) is 7.26. The van der Waals surface area contributed by atoms with Crippen molar-refractivity contribution in [3.05, 3.63) is 52.6 Å². The Morgan fingerprint density at radius 1 is 1.19 bits per heavy atom. The van der Waals surface area contributed by atoms with Crippen LogP contribution in [-0.4, -0.2) is 38.1 Å². The highest BCUT2D eigenvalue weighted by atomic mass is 32.1. The van der Waals surface area contributed by atoms with Crippen LogP contribution in [0.4, 0.5) is 5.13 Å². The number of nitrogens with one attached hydrogen (secondary N) is 1. The van der Waals surface area contributed by atoms with Crippen LogP contribution < -0.4 is 19.5 Å². The van der Waals surface area contributed by atoms with Crippen molar-refractivity contribution >= 4 is 22.3 Å². The Morgan fingerprint density at radius 3 is 2.44 bits per heavy atom. The van der Waals surface area contributed by atoms with Gasteiger partial charge in [-0.2, -0.15) is 0 Å². The molecule has 0 amide bonds. The average Bonchev–Trinajstić information content (AvgIpc) is 3.16. The fraction of sp³-hybridized carbons (Fsp3) is 0.300. The molecule has 0 radical (unpaired) electrons. The van der Waals surface area contributed by atoms with Gasteiger partial charge in [0.05, 0.1) is 27.4 Å². The average molecular weight is 386 g/mol. The molecule has 2 aromatic rings. The maximum Gasteiger partial charge on any atom is 0.212 e. The van der Waals surface area contributed by atoms with Gasteiger partial charge in [0.25, 0.3) is 0 Å². The van der Waals surface area contributed by atoms with Crippen molar-refractivity contribution in [3.63, 3.8) is 0 Å². The van der Waals surface area contributed by atoms with Gasteiger partial charge in [-0.05, 0) is 25.5 Å². The normalized spacial score (nSPS) is 15.9. The molecule has 3 rings (SSSR count). The van der Waals surface area contributed by atoms with Crippen LogP contribution in [0.5, 0.6) is 17.2 Å². The second-order valence-corrected chi connectivity index (χ2v) is 6.93. The lowest BCUT2D eigenvalue weighted by molar-refractivity contribution is 0.103. The number of hydrogen-bond donors (Lipinski definition) is 1. The molecule has 27 heavy (non-hydrogen) atoms. The van der Waals surface area contributed by atoms with Crippen LogP contribution in [0.25, 0.3) is 0 Å². The van der Waals surface area contributed by atoms with Gasteiger partial charge >= 0.3 is 0 Å². The van der Waals surface area contributed by atoms with Crippen LogP contribution in [0.2, 0.25) is 0 Å². The maximum absolute atomic E-state index is 12.9. The summed E-state index contributed by atoms with van der Waals surface area (Å²) in [5.41, 5.74) is 2.06. The minimum atomic E-state index is -0.200. The maximum atomic E-state index is 12.9. The Morgan fingerprint density at radius 2 is 1.89 bits per heavy atom. The first-order valence-electron chi connectivity index (χ1n) is 8.47. The fourth-order valence-corrected chi connectivity index (χ4v) is 3.55. The zero-order valence-corrected chi connectivity index (χ0v) is 16.6. The lowest BCUT2D eigenvalue weighted by Gasteiger charge is -2.15. The predicted octanol–water partition coefficient (Wildman–Crippen LogP) is 4.09. The first kappa shape index (κ1) is 19.0. The Balaban J connectivity index is 1.80. The van der Waals surface area contributed by atoms with E-state index in [1.54, 1.807) is 17.5 Å². The number of benzene rings is 1. The third-order valence-electron chi connectivity index (χ3n) is 4.26. The number of hydrogen-bond acceptors (Lipinski definition) is 7. The van der Waals surface area contributed by atoms with E-state index in [4.69, 9.17) is 14.2 Å². The van der Waals surface area contributed by atoms with Crippen molar-refractivity contribution in [1.29, 1.82) is 0 Å². The van der Waals surface area contributed by atoms with Crippen LogP contribution in [0, 0.1) is 0 Å². The molecular weight excluding hydrogens is 364 g/mol. The number of rotatable bonds is 7. The molecule has 0 fully saturated rings. The monoisotopic (exact) mass is 386 g/mol. The van der Waals surface area contributed by atoms with E-state index in [1.165, 1.54) is 38.2 Å². The van der Waals surface area contributed by atoms with Gasteiger partial charge < -0.3 is 19.5 Å². The minimum absolute atomic E-state index is 0.184. The van der Waals surface area contributed by atoms with Crippen LogP contribution >= 0.6 is 11.3 Å². The molecule has 6 nitrogen and oxygen atoms in total. The first-order valence-corrected chi connectivity index (χ1v) is 9.35. The molecule has 1 atom stereocenters. The summed E-state index contributed by atoms with van der Waals surface area (Å²) in [5.74, 6) is 1.12. The quantitative estimate of drug-likeness (QED) is 0.723. The summed E-state index contributed by atoms with van der Waals surface area (Å²) < 4.78 is 15.9. The predicted molar refractivity (Wildman–Crippen MR) is 107 cm³/mol. The lowest BCUT2D eigenvalue weighted by atomic mass is 10.0. The Hall–Kier alpha value is -2.80. The molecule has 0 aliphatic heterocycles. The number of aromatic nitrogens is 1. The summed E-state index contributed by atoms with van der Waals surface area (Å²) in [5, 5.41) is 5.81. The summed E-state index contributed by atoms with van der Waals surface area (Å²) in [7, 11) is 4.56. The molecule has 0 saturated heterocycles. The molecule has 7 heteroatoms. The van der Waals surface area contributed by atoms with Gasteiger partial charge in [-0.1, -0.05) is 23.8 Å². The van der Waals surface area contributed by atoms with E-state index >= 15 is 0 Å².